The van der Waals surface area contributed by atoms with Crippen molar-refractivity contribution >= 4 is 5.91 Å². The molecule has 6 rings (SSSR count). The maximum Gasteiger partial charge on any atom is 0.257 e. The summed E-state index contributed by atoms with van der Waals surface area (Å²) in [7, 11) is 0. The predicted molar refractivity (Wildman–Crippen MR) is 113 cm³/mol. The Labute approximate surface area is 184 Å². The molecule has 1 N–H and O–H groups in total. The van der Waals surface area contributed by atoms with Gasteiger partial charge in [-0.2, -0.15) is 10.2 Å². The van der Waals surface area contributed by atoms with Gasteiger partial charge in [-0.1, -0.05) is 18.2 Å². The molecule has 0 bridgehead atoms. The first-order valence-electron chi connectivity index (χ1n) is 11.1. The second kappa shape index (κ2) is 6.70. The highest BCUT2D eigenvalue weighted by atomic mass is 19.1. The Morgan fingerprint density at radius 3 is 2.53 bits per heavy atom. The number of phenolic OH excluding ortho intramolecular Hbond substituents is 1. The summed E-state index contributed by atoms with van der Waals surface area (Å²) < 4.78 is 29.0. The van der Waals surface area contributed by atoms with Gasteiger partial charge in [-0.3, -0.25) is 4.79 Å². The van der Waals surface area contributed by atoms with Crippen molar-refractivity contribution in [2.75, 3.05) is 13.1 Å². The van der Waals surface area contributed by atoms with Gasteiger partial charge in [0.25, 0.3) is 5.91 Å². The van der Waals surface area contributed by atoms with Crippen LogP contribution in [0.2, 0.25) is 0 Å². The van der Waals surface area contributed by atoms with Crippen molar-refractivity contribution in [2.45, 2.75) is 31.2 Å². The first kappa shape index (κ1) is 19.6. The summed E-state index contributed by atoms with van der Waals surface area (Å²) >= 11 is 0. The number of nitrogens with zero attached hydrogens (tertiary/aromatic N) is 3. The van der Waals surface area contributed by atoms with Gasteiger partial charge in [-0.15, -0.1) is 0 Å². The van der Waals surface area contributed by atoms with E-state index in [9.17, 15) is 18.7 Å². The molecule has 2 aromatic rings. The average Bonchev–Trinajstić information content (AvgIpc) is 3.47. The van der Waals surface area contributed by atoms with Crippen molar-refractivity contribution in [2.24, 2.45) is 27.5 Å². The minimum atomic E-state index is -0.750. The lowest BCUT2D eigenvalue weighted by molar-refractivity contribution is -0.0947. The highest BCUT2D eigenvalue weighted by molar-refractivity contribution is 5.95. The molecule has 1 spiro atoms. The molecule has 3 fully saturated rings. The summed E-state index contributed by atoms with van der Waals surface area (Å²) in [5, 5.41) is 18.5. The molecule has 0 radical (unpaired) electrons. The predicted octanol–water partition coefficient (Wildman–Crippen LogP) is 5.18. The third-order valence-corrected chi connectivity index (χ3v) is 7.62. The second-order valence-electron chi connectivity index (χ2n) is 9.75. The Bertz CT molecular complexity index is 1180. The van der Waals surface area contributed by atoms with Gasteiger partial charge in [-0.05, 0) is 67.4 Å². The van der Waals surface area contributed by atoms with Crippen LogP contribution in [0.5, 0.6) is 5.75 Å². The van der Waals surface area contributed by atoms with Gasteiger partial charge < -0.3 is 10.0 Å². The molecule has 4 aliphatic rings. The van der Waals surface area contributed by atoms with Gasteiger partial charge in [0.15, 0.2) is 0 Å². The third-order valence-electron chi connectivity index (χ3n) is 7.62. The minimum absolute atomic E-state index is 0.0430. The first-order chi connectivity index (χ1) is 15.4. The number of hydrogen-bond donors (Lipinski definition) is 1. The van der Waals surface area contributed by atoms with E-state index in [1.54, 1.807) is 11.0 Å². The van der Waals surface area contributed by atoms with Gasteiger partial charge in [0.1, 0.15) is 22.9 Å². The first-order valence-corrected chi connectivity index (χ1v) is 11.1. The minimum Gasteiger partial charge on any atom is -0.508 e. The number of hydrogen-bond acceptors (Lipinski definition) is 4. The van der Waals surface area contributed by atoms with E-state index < -0.39 is 17.3 Å². The molecule has 7 heteroatoms. The van der Waals surface area contributed by atoms with Crippen LogP contribution in [0.25, 0.3) is 0 Å². The number of halogens is 2. The molecule has 2 saturated carbocycles. The van der Waals surface area contributed by atoms with E-state index in [0.717, 1.165) is 37.3 Å². The standard InChI is InChI=1S/C25H23F2N3O2/c26-21-8-7-17(31)9-18(21)23(32)30-13-24(14-30)10-16(11-24)25(19-3-1-2-4-22(19)27)20(12-28-29-25)15-5-6-15/h1-4,7-9,12,15-16,31H,5-6,10-11,13-14H2. The van der Waals surface area contributed by atoms with Crippen molar-refractivity contribution in [1.82, 2.24) is 4.90 Å². The summed E-state index contributed by atoms with van der Waals surface area (Å²) in [6.45, 7) is 1.06. The molecule has 2 aliphatic heterocycles. The van der Waals surface area contributed by atoms with E-state index >= 15 is 0 Å². The Hall–Kier alpha value is -3.09. The molecular formula is C25H23F2N3O2. The number of benzene rings is 2. The van der Waals surface area contributed by atoms with E-state index in [4.69, 9.17) is 0 Å². The lowest BCUT2D eigenvalue weighted by atomic mass is 9.50. The molecule has 2 aliphatic carbocycles. The molecule has 1 unspecified atom stereocenters. The number of carbonyl (C=O) groups is 1. The van der Waals surface area contributed by atoms with Gasteiger partial charge in [-0.25, -0.2) is 8.78 Å². The fourth-order valence-electron chi connectivity index (χ4n) is 5.96. The monoisotopic (exact) mass is 435 g/mol. The number of rotatable bonds is 4. The SMILES string of the molecule is O=C(c1cc(O)ccc1F)N1CC2(CC(C3(c4ccccc4F)N=NC=C3C3CC3)C2)C1. The van der Waals surface area contributed by atoms with Crippen LogP contribution < -0.4 is 0 Å². The summed E-state index contributed by atoms with van der Waals surface area (Å²) in [5.41, 5.74) is 0.810. The Balaban J connectivity index is 1.22. The molecule has 164 valence electrons. The van der Waals surface area contributed by atoms with E-state index in [0.29, 0.717) is 24.6 Å². The second-order valence-corrected chi connectivity index (χ2v) is 9.75. The molecule has 1 amide bonds. The molecule has 0 aromatic heterocycles. The summed E-state index contributed by atoms with van der Waals surface area (Å²) in [5.74, 6) is -0.904. The van der Waals surface area contributed by atoms with Gasteiger partial charge in [0.05, 0.1) is 11.8 Å². The molecule has 2 aromatic carbocycles. The largest absolute Gasteiger partial charge is 0.508 e. The van der Waals surface area contributed by atoms with Crippen LogP contribution in [0.3, 0.4) is 0 Å². The number of aromatic hydroxyl groups is 1. The molecule has 1 saturated heterocycles. The maximum absolute atomic E-state index is 14.9. The number of amides is 1. The Morgan fingerprint density at radius 1 is 1.06 bits per heavy atom. The quantitative estimate of drug-likeness (QED) is 0.719. The van der Waals surface area contributed by atoms with Crippen LogP contribution in [-0.4, -0.2) is 29.0 Å². The van der Waals surface area contributed by atoms with E-state index in [1.807, 2.05) is 18.3 Å². The van der Waals surface area contributed by atoms with Crippen LogP contribution in [0, 0.1) is 28.9 Å². The molecule has 1 atom stereocenters. The zero-order valence-corrected chi connectivity index (χ0v) is 17.5. The zero-order valence-electron chi connectivity index (χ0n) is 17.5. The third kappa shape index (κ3) is 2.76. The highest BCUT2D eigenvalue weighted by Gasteiger charge is 2.63. The summed E-state index contributed by atoms with van der Waals surface area (Å²) in [6.07, 6.45) is 5.63. The summed E-state index contributed by atoms with van der Waals surface area (Å²) in [6, 6.07) is 10.3. The fourth-order valence-corrected chi connectivity index (χ4v) is 5.96. The number of likely N-dealkylation sites (tertiary alicyclic amines) is 1. The average molecular weight is 435 g/mol. The van der Waals surface area contributed by atoms with Crippen LogP contribution >= 0.6 is 0 Å². The van der Waals surface area contributed by atoms with Crippen molar-refractivity contribution in [3.8, 4) is 5.75 Å². The van der Waals surface area contributed by atoms with Gasteiger partial charge >= 0.3 is 0 Å². The smallest absolute Gasteiger partial charge is 0.257 e. The van der Waals surface area contributed by atoms with E-state index in [2.05, 4.69) is 10.2 Å². The Morgan fingerprint density at radius 2 is 1.81 bits per heavy atom. The van der Waals surface area contributed by atoms with E-state index in [1.165, 1.54) is 18.2 Å². The summed E-state index contributed by atoms with van der Waals surface area (Å²) in [4.78, 5) is 14.3. The number of carbonyl (C=O) groups excluding carboxylic acids is 1. The van der Waals surface area contributed by atoms with Crippen LogP contribution in [-0.2, 0) is 5.54 Å². The fraction of sp³-hybridized carbons (Fsp3) is 0.400. The molecule has 5 nitrogen and oxygen atoms in total. The molecular weight excluding hydrogens is 412 g/mol. The van der Waals surface area contributed by atoms with Crippen LogP contribution in [0.1, 0.15) is 41.6 Å². The molecule has 2 heterocycles. The highest BCUT2D eigenvalue weighted by Crippen LogP contribution is 2.64. The van der Waals surface area contributed by atoms with Crippen LogP contribution in [0.15, 0.2) is 64.5 Å². The van der Waals surface area contributed by atoms with Crippen molar-refractivity contribution in [3.05, 3.63) is 77.0 Å². The maximum atomic E-state index is 14.9. The number of phenols is 1. The lowest BCUT2D eigenvalue weighted by Gasteiger charge is -2.62. The number of azo groups is 1. The van der Waals surface area contributed by atoms with Gasteiger partial charge in [0.2, 0.25) is 0 Å². The topological polar surface area (TPSA) is 65.3 Å². The normalized spacial score (nSPS) is 26.1. The van der Waals surface area contributed by atoms with Gasteiger partial charge in [0, 0.05) is 24.1 Å². The van der Waals surface area contributed by atoms with Crippen molar-refractivity contribution < 1.29 is 18.7 Å². The van der Waals surface area contributed by atoms with Crippen molar-refractivity contribution in [3.63, 3.8) is 0 Å². The van der Waals surface area contributed by atoms with E-state index in [-0.39, 0.29) is 28.5 Å². The zero-order chi connectivity index (χ0) is 22.1. The lowest BCUT2D eigenvalue weighted by Crippen LogP contribution is -2.66. The molecule has 32 heavy (non-hydrogen) atoms. The van der Waals surface area contributed by atoms with Crippen LogP contribution in [0.4, 0.5) is 8.78 Å². The Kier molecular flexibility index (Phi) is 4.10. The van der Waals surface area contributed by atoms with Crippen molar-refractivity contribution in [1.29, 1.82) is 0 Å².